The van der Waals surface area contributed by atoms with Gasteiger partial charge in [-0.15, -0.1) is 0 Å². The monoisotopic (exact) mass is 320 g/mol. The first-order valence-corrected chi connectivity index (χ1v) is 6.80. The Morgan fingerprint density at radius 3 is 2.65 bits per heavy atom. The molecule has 23 heavy (non-hydrogen) atoms. The van der Waals surface area contributed by atoms with E-state index in [1.54, 1.807) is 16.9 Å². The lowest BCUT2D eigenvalue weighted by Gasteiger charge is -2.08. The van der Waals surface area contributed by atoms with Crippen LogP contribution in [0.3, 0.4) is 0 Å². The molecule has 0 radical (unpaired) electrons. The van der Waals surface area contributed by atoms with Gasteiger partial charge in [-0.05, 0) is 12.1 Å². The third kappa shape index (κ3) is 2.63. The van der Waals surface area contributed by atoms with Crippen LogP contribution in [0.2, 0.25) is 0 Å². The van der Waals surface area contributed by atoms with Crippen molar-refractivity contribution in [3.8, 4) is 5.75 Å². The van der Waals surface area contributed by atoms with Crippen LogP contribution in [-0.4, -0.2) is 27.2 Å². The Labute approximate surface area is 130 Å². The first kappa shape index (κ1) is 15.0. The summed E-state index contributed by atoms with van der Waals surface area (Å²) in [4.78, 5) is 12.1. The van der Waals surface area contributed by atoms with Crippen LogP contribution in [-0.2, 0) is 13.6 Å². The van der Waals surface area contributed by atoms with Crippen LogP contribution in [0, 0.1) is 11.6 Å². The van der Waals surface area contributed by atoms with Gasteiger partial charge in [0.05, 0.1) is 13.3 Å². The van der Waals surface area contributed by atoms with Crippen LogP contribution in [0.4, 0.5) is 8.78 Å². The number of nitrogens with one attached hydrogen (secondary N) is 1. The average Bonchev–Trinajstić information content (AvgIpc) is 3.08. The van der Waals surface area contributed by atoms with E-state index in [1.165, 1.54) is 0 Å². The van der Waals surface area contributed by atoms with Gasteiger partial charge in [0.2, 0.25) is 0 Å². The molecule has 1 aromatic carbocycles. The number of halogens is 2. The standard InChI is InChI=1S/C15H14F2N4O2/c1-20-3-4-21-15(20)10(8-19-21)7-18-14(22)9-5-11(16)13(23-2)12(17)6-9/h3-6,8H,7H2,1-2H3,(H,18,22). The molecule has 1 amide bonds. The molecule has 0 saturated heterocycles. The van der Waals surface area contributed by atoms with Gasteiger partial charge in [0.15, 0.2) is 17.4 Å². The molecule has 0 atom stereocenters. The highest BCUT2D eigenvalue weighted by Crippen LogP contribution is 2.22. The lowest BCUT2D eigenvalue weighted by molar-refractivity contribution is 0.0950. The van der Waals surface area contributed by atoms with E-state index in [1.807, 2.05) is 17.8 Å². The summed E-state index contributed by atoms with van der Waals surface area (Å²) >= 11 is 0. The topological polar surface area (TPSA) is 60.6 Å². The first-order chi connectivity index (χ1) is 11.0. The number of benzene rings is 1. The Bertz CT molecular complexity index is 862. The molecule has 0 aliphatic carbocycles. The second-order valence-electron chi connectivity index (χ2n) is 5.00. The Kier molecular flexibility index (Phi) is 3.73. The van der Waals surface area contributed by atoms with E-state index in [2.05, 4.69) is 15.2 Å². The molecule has 2 heterocycles. The number of hydrogen-bond acceptors (Lipinski definition) is 3. The van der Waals surface area contributed by atoms with E-state index in [4.69, 9.17) is 0 Å². The van der Waals surface area contributed by atoms with Crippen LogP contribution >= 0.6 is 0 Å². The Hall–Kier alpha value is -2.90. The van der Waals surface area contributed by atoms with Crippen molar-refractivity contribution in [3.63, 3.8) is 0 Å². The molecular formula is C15H14F2N4O2. The predicted octanol–water partition coefficient (Wildman–Crippen LogP) is 1.89. The smallest absolute Gasteiger partial charge is 0.251 e. The summed E-state index contributed by atoms with van der Waals surface area (Å²) < 4.78 is 35.4. The van der Waals surface area contributed by atoms with Gasteiger partial charge >= 0.3 is 0 Å². The second kappa shape index (κ2) is 5.71. The third-order valence-corrected chi connectivity index (χ3v) is 3.51. The number of carbonyl (C=O) groups excluding carboxylic acids is 1. The summed E-state index contributed by atoms with van der Waals surface area (Å²) in [7, 11) is 3.02. The minimum atomic E-state index is -0.923. The number of imidazole rings is 1. The van der Waals surface area contributed by atoms with Crippen molar-refractivity contribution in [1.29, 1.82) is 0 Å². The number of hydrogen-bond donors (Lipinski definition) is 1. The predicted molar refractivity (Wildman–Crippen MR) is 78.2 cm³/mol. The SMILES string of the molecule is COc1c(F)cc(C(=O)NCc2cnn3ccn(C)c23)cc1F. The van der Waals surface area contributed by atoms with Gasteiger partial charge in [0.1, 0.15) is 5.65 Å². The number of ether oxygens (including phenoxy) is 1. The van der Waals surface area contributed by atoms with E-state index in [0.717, 1.165) is 30.5 Å². The zero-order chi connectivity index (χ0) is 16.6. The summed E-state index contributed by atoms with van der Waals surface area (Å²) in [6.07, 6.45) is 5.25. The molecule has 0 spiro atoms. The van der Waals surface area contributed by atoms with E-state index in [0.29, 0.717) is 0 Å². The van der Waals surface area contributed by atoms with Gasteiger partial charge < -0.3 is 14.6 Å². The molecule has 0 aliphatic heterocycles. The fourth-order valence-electron chi connectivity index (χ4n) is 2.41. The maximum absolute atomic E-state index is 13.6. The van der Waals surface area contributed by atoms with Gasteiger partial charge in [-0.2, -0.15) is 5.10 Å². The molecule has 0 unspecified atom stereocenters. The van der Waals surface area contributed by atoms with Gasteiger partial charge in [0, 0.05) is 37.1 Å². The molecule has 3 rings (SSSR count). The van der Waals surface area contributed by atoms with Gasteiger partial charge in [-0.3, -0.25) is 4.79 Å². The van der Waals surface area contributed by atoms with Crippen molar-refractivity contribution < 1.29 is 18.3 Å². The number of nitrogens with zero attached hydrogens (tertiary/aromatic N) is 3. The van der Waals surface area contributed by atoms with Crippen molar-refractivity contribution in [2.75, 3.05) is 7.11 Å². The fourth-order valence-corrected chi connectivity index (χ4v) is 2.41. The normalized spacial score (nSPS) is 11.0. The van der Waals surface area contributed by atoms with Crippen LogP contribution in [0.15, 0.2) is 30.7 Å². The summed E-state index contributed by atoms with van der Waals surface area (Å²) in [6.45, 7) is 0.190. The lowest BCUT2D eigenvalue weighted by atomic mass is 10.2. The number of methoxy groups -OCH3 is 1. The number of amides is 1. The Morgan fingerprint density at radius 1 is 1.30 bits per heavy atom. The maximum atomic E-state index is 13.6. The number of aryl methyl sites for hydroxylation is 1. The Balaban J connectivity index is 1.78. The number of aromatic nitrogens is 3. The summed E-state index contributed by atoms with van der Waals surface area (Å²) in [5.74, 6) is -2.94. The van der Waals surface area contributed by atoms with E-state index >= 15 is 0 Å². The average molecular weight is 320 g/mol. The zero-order valence-corrected chi connectivity index (χ0v) is 12.5. The Morgan fingerprint density at radius 2 is 2.00 bits per heavy atom. The molecule has 2 aromatic heterocycles. The van der Waals surface area contributed by atoms with Gasteiger partial charge in [-0.1, -0.05) is 0 Å². The number of fused-ring (bicyclic) bond motifs is 1. The van der Waals surface area contributed by atoms with Crippen LogP contribution in [0.25, 0.3) is 5.65 Å². The highest BCUT2D eigenvalue weighted by atomic mass is 19.1. The van der Waals surface area contributed by atoms with E-state index in [-0.39, 0.29) is 12.1 Å². The highest BCUT2D eigenvalue weighted by molar-refractivity contribution is 5.94. The van der Waals surface area contributed by atoms with Crippen molar-refractivity contribution in [2.45, 2.75) is 6.54 Å². The van der Waals surface area contributed by atoms with Gasteiger partial charge in [0.25, 0.3) is 5.91 Å². The van der Waals surface area contributed by atoms with E-state index < -0.39 is 23.3 Å². The van der Waals surface area contributed by atoms with Crippen LogP contribution in [0.5, 0.6) is 5.75 Å². The zero-order valence-electron chi connectivity index (χ0n) is 12.5. The number of rotatable bonds is 4. The summed E-state index contributed by atoms with van der Waals surface area (Å²) in [5.41, 5.74) is 1.51. The third-order valence-electron chi connectivity index (χ3n) is 3.51. The van der Waals surface area contributed by atoms with Crippen molar-refractivity contribution in [1.82, 2.24) is 19.5 Å². The molecular weight excluding hydrogens is 306 g/mol. The molecule has 6 nitrogen and oxygen atoms in total. The maximum Gasteiger partial charge on any atom is 0.251 e. The van der Waals surface area contributed by atoms with Crippen molar-refractivity contribution in [2.24, 2.45) is 7.05 Å². The largest absolute Gasteiger partial charge is 0.491 e. The number of carbonyl (C=O) groups is 1. The molecule has 120 valence electrons. The van der Waals surface area contributed by atoms with Crippen LogP contribution < -0.4 is 10.1 Å². The van der Waals surface area contributed by atoms with Crippen molar-refractivity contribution >= 4 is 11.6 Å². The highest BCUT2D eigenvalue weighted by Gasteiger charge is 2.16. The second-order valence-corrected chi connectivity index (χ2v) is 5.00. The minimum absolute atomic E-state index is 0.115. The molecule has 0 bridgehead atoms. The molecule has 0 saturated carbocycles. The minimum Gasteiger partial charge on any atom is -0.491 e. The fraction of sp³-hybridized carbons (Fsp3) is 0.200. The van der Waals surface area contributed by atoms with E-state index in [9.17, 15) is 13.6 Å². The van der Waals surface area contributed by atoms with Crippen LogP contribution in [0.1, 0.15) is 15.9 Å². The van der Waals surface area contributed by atoms with Crippen molar-refractivity contribution in [3.05, 3.63) is 53.5 Å². The molecule has 0 fully saturated rings. The molecule has 0 aliphatic rings. The molecule has 1 N–H and O–H groups in total. The molecule has 3 aromatic rings. The van der Waals surface area contributed by atoms with Gasteiger partial charge in [-0.25, -0.2) is 13.3 Å². The molecule has 8 heteroatoms. The summed E-state index contributed by atoms with van der Waals surface area (Å²) in [5, 5.41) is 6.77. The quantitative estimate of drug-likeness (QED) is 0.798. The lowest BCUT2D eigenvalue weighted by Crippen LogP contribution is -2.23. The summed E-state index contributed by atoms with van der Waals surface area (Å²) in [6, 6.07) is 1.88. The first-order valence-electron chi connectivity index (χ1n) is 6.80.